The van der Waals surface area contributed by atoms with E-state index in [0.717, 1.165) is 0 Å². The van der Waals surface area contributed by atoms with Crippen molar-refractivity contribution >= 4 is 27.3 Å². The van der Waals surface area contributed by atoms with E-state index in [-0.39, 0.29) is 10.0 Å². The maximum Gasteiger partial charge on any atom is 0.263 e. The molecule has 0 aliphatic heterocycles. The van der Waals surface area contributed by atoms with Gasteiger partial charge in [-0.1, -0.05) is 11.6 Å². The molecule has 0 unspecified atom stereocenters. The lowest BCUT2D eigenvalue weighted by Gasteiger charge is -2.10. The van der Waals surface area contributed by atoms with E-state index in [1.165, 1.54) is 24.7 Å². The third-order valence-electron chi connectivity index (χ3n) is 2.23. The minimum atomic E-state index is -3.62. The summed E-state index contributed by atoms with van der Waals surface area (Å²) in [5, 5.41) is 0.129. The molecule has 0 radical (unpaired) electrons. The van der Waals surface area contributed by atoms with Gasteiger partial charge in [0.15, 0.2) is 5.15 Å². The minimum absolute atomic E-state index is 0.129. The van der Waals surface area contributed by atoms with Crippen molar-refractivity contribution in [3.63, 3.8) is 0 Å². The average molecular weight is 272 g/mol. The van der Waals surface area contributed by atoms with Crippen molar-refractivity contribution in [2.24, 2.45) is 0 Å². The van der Waals surface area contributed by atoms with Crippen LogP contribution in [0.25, 0.3) is 0 Å². The van der Waals surface area contributed by atoms with Crippen LogP contribution >= 0.6 is 11.6 Å². The first-order valence-electron chi connectivity index (χ1n) is 4.77. The molecule has 2 aromatic heterocycles. The molecule has 17 heavy (non-hydrogen) atoms. The van der Waals surface area contributed by atoms with Crippen LogP contribution in [0, 0.1) is 6.92 Å². The van der Waals surface area contributed by atoms with Gasteiger partial charge in [0.1, 0.15) is 4.90 Å². The number of pyridine rings is 1. The number of nitrogens with one attached hydrogen (secondary N) is 2. The van der Waals surface area contributed by atoms with E-state index in [4.69, 9.17) is 11.6 Å². The van der Waals surface area contributed by atoms with Crippen molar-refractivity contribution in [2.45, 2.75) is 11.8 Å². The molecule has 0 atom stereocenters. The van der Waals surface area contributed by atoms with Crippen LogP contribution in [0.15, 0.2) is 35.6 Å². The van der Waals surface area contributed by atoms with E-state index in [2.05, 4.69) is 14.7 Å². The summed E-state index contributed by atoms with van der Waals surface area (Å²) >= 11 is 5.85. The molecule has 0 aliphatic rings. The molecule has 7 heteroatoms. The van der Waals surface area contributed by atoms with Gasteiger partial charge >= 0.3 is 0 Å². The lowest BCUT2D eigenvalue weighted by Crippen LogP contribution is -2.13. The van der Waals surface area contributed by atoms with Crippen molar-refractivity contribution < 1.29 is 8.42 Å². The van der Waals surface area contributed by atoms with Crippen LogP contribution in [-0.2, 0) is 10.0 Å². The van der Waals surface area contributed by atoms with Gasteiger partial charge in [-0.05, 0) is 24.6 Å². The number of sulfonamides is 1. The molecule has 2 aromatic rings. The van der Waals surface area contributed by atoms with E-state index in [0.29, 0.717) is 11.3 Å². The summed E-state index contributed by atoms with van der Waals surface area (Å²) < 4.78 is 26.3. The molecule has 2 rings (SSSR count). The summed E-state index contributed by atoms with van der Waals surface area (Å²) in [4.78, 5) is 6.67. The van der Waals surface area contributed by atoms with Gasteiger partial charge in [0.05, 0.1) is 5.69 Å². The maximum atomic E-state index is 11.9. The lowest BCUT2D eigenvalue weighted by molar-refractivity contribution is 0.601. The van der Waals surface area contributed by atoms with E-state index in [1.54, 1.807) is 13.0 Å². The molecule has 0 aromatic carbocycles. The van der Waals surface area contributed by atoms with Gasteiger partial charge in [0.2, 0.25) is 0 Å². The predicted molar refractivity (Wildman–Crippen MR) is 65.6 cm³/mol. The Morgan fingerprint density at radius 1 is 1.41 bits per heavy atom. The van der Waals surface area contributed by atoms with Crippen LogP contribution in [0.5, 0.6) is 0 Å². The van der Waals surface area contributed by atoms with Crippen molar-refractivity contribution in [2.75, 3.05) is 4.72 Å². The summed E-state index contributed by atoms with van der Waals surface area (Å²) in [7, 11) is -3.62. The molecular weight excluding hydrogens is 262 g/mol. The summed E-state index contributed by atoms with van der Waals surface area (Å²) in [5.41, 5.74) is 1.01. The number of hydrogen-bond acceptors (Lipinski definition) is 3. The maximum absolute atomic E-state index is 11.9. The van der Waals surface area contributed by atoms with Crippen LogP contribution in [0.3, 0.4) is 0 Å². The standard InChI is InChI=1S/C10H10ClN3O2S/c1-7-2-5-13-10(11)9(7)14-17(15,16)8-3-4-12-6-8/h2-6,12,14H,1H3. The normalized spacial score (nSPS) is 11.4. The Hall–Kier alpha value is -1.53. The molecule has 5 nitrogen and oxygen atoms in total. The van der Waals surface area contributed by atoms with Gasteiger partial charge in [-0.3, -0.25) is 4.72 Å². The quantitative estimate of drug-likeness (QED) is 0.840. The van der Waals surface area contributed by atoms with Crippen molar-refractivity contribution in [3.05, 3.63) is 41.4 Å². The van der Waals surface area contributed by atoms with Crippen molar-refractivity contribution in [3.8, 4) is 0 Å². The van der Waals surface area contributed by atoms with Crippen LogP contribution < -0.4 is 4.72 Å². The highest BCUT2D eigenvalue weighted by molar-refractivity contribution is 7.92. The van der Waals surface area contributed by atoms with Gasteiger partial charge in [-0.15, -0.1) is 0 Å². The summed E-state index contributed by atoms with van der Waals surface area (Å²) in [6.07, 6.45) is 4.44. The Bertz CT molecular complexity index is 603. The number of halogens is 1. The zero-order chi connectivity index (χ0) is 12.5. The first-order valence-corrected chi connectivity index (χ1v) is 6.63. The van der Waals surface area contributed by atoms with Gasteiger partial charge in [0.25, 0.3) is 10.0 Å². The summed E-state index contributed by atoms with van der Waals surface area (Å²) in [6, 6.07) is 3.14. The molecule has 0 fully saturated rings. The molecule has 0 saturated carbocycles. The topological polar surface area (TPSA) is 74.8 Å². The highest BCUT2D eigenvalue weighted by Gasteiger charge is 2.17. The molecule has 0 amide bonds. The van der Waals surface area contributed by atoms with Gasteiger partial charge in [-0.2, -0.15) is 0 Å². The molecule has 0 spiro atoms. The number of rotatable bonds is 3. The second-order valence-electron chi connectivity index (χ2n) is 3.45. The SMILES string of the molecule is Cc1ccnc(Cl)c1NS(=O)(=O)c1cc[nH]c1. The van der Waals surface area contributed by atoms with E-state index >= 15 is 0 Å². The molecule has 90 valence electrons. The fourth-order valence-corrected chi connectivity index (χ4v) is 2.74. The third-order valence-corrected chi connectivity index (χ3v) is 3.86. The third kappa shape index (κ3) is 2.42. The average Bonchev–Trinajstić information content (AvgIpc) is 2.77. The Morgan fingerprint density at radius 2 is 2.18 bits per heavy atom. The number of hydrogen-bond donors (Lipinski definition) is 2. The van der Waals surface area contributed by atoms with Gasteiger partial charge < -0.3 is 4.98 Å². The Kier molecular flexibility index (Phi) is 3.08. The number of aromatic amines is 1. The number of H-pyrrole nitrogens is 1. The lowest BCUT2D eigenvalue weighted by atomic mass is 10.3. The predicted octanol–water partition coefficient (Wildman–Crippen LogP) is 2.17. The van der Waals surface area contributed by atoms with E-state index in [9.17, 15) is 8.42 Å². The Labute approximate surface area is 104 Å². The molecule has 0 bridgehead atoms. The highest BCUT2D eigenvalue weighted by Crippen LogP contribution is 2.25. The Balaban J connectivity index is 2.40. The molecular formula is C10H10ClN3O2S. The largest absolute Gasteiger partial charge is 0.366 e. The number of aryl methyl sites for hydroxylation is 1. The van der Waals surface area contributed by atoms with Gasteiger partial charge in [-0.25, -0.2) is 13.4 Å². The molecule has 0 aliphatic carbocycles. The van der Waals surface area contributed by atoms with E-state index < -0.39 is 10.0 Å². The van der Waals surface area contributed by atoms with Gasteiger partial charge in [0, 0.05) is 18.6 Å². The van der Waals surface area contributed by atoms with E-state index in [1.807, 2.05) is 0 Å². The first kappa shape index (κ1) is 11.9. The second kappa shape index (κ2) is 4.38. The fraction of sp³-hybridized carbons (Fsp3) is 0.100. The van der Waals surface area contributed by atoms with Crippen LogP contribution in [0.4, 0.5) is 5.69 Å². The van der Waals surface area contributed by atoms with Crippen LogP contribution in [0.2, 0.25) is 5.15 Å². The number of anilines is 1. The number of nitrogens with zero attached hydrogens (tertiary/aromatic N) is 1. The van der Waals surface area contributed by atoms with Crippen LogP contribution in [0.1, 0.15) is 5.56 Å². The van der Waals surface area contributed by atoms with Crippen molar-refractivity contribution in [1.82, 2.24) is 9.97 Å². The Morgan fingerprint density at radius 3 is 2.76 bits per heavy atom. The summed E-state index contributed by atoms with van der Waals surface area (Å²) in [6.45, 7) is 1.75. The van der Waals surface area contributed by atoms with Crippen LogP contribution in [-0.4, -0.2) is 18.4 Å². The smallest absolute Gasteiger partial charge is 0.263 e. The zero-order valence-electron chi connectivity index (χ0n) is 8.94. The molecule has 2 N–H and O–H groups in total. The molecule has 0 saturated heterocycles. The summed E-state index contributed by atoms with van der Waals surface area (Å²) in [5.74, 6) is 0. The number of aromatic nitrogens is 2. The second-order valence-corrected chi connectivity index (χ2v) is 5.49. The highest BCUT2D eigenvalue weighted by atomic mass is 35.5. The fourth-order valence-electron chi connectivity index (χ4n) is 1.32. The first-order chi connectivity index (χ1) is 8.00. The molecule has 2 heterocycles. The van der Waals surface area contributed by atoms with Crippen molar-refractivity contribution in [1.29, 1.82) is 0 Å². The minimum Gasteiger partial charge on any atom is -0.366 e. The monoisotopic (exact) mass is 271 g/mol. The zero-order valence-corrected chi connectivity index (χ0v) is 10.5.